The van der Waals surface area contributed by atoms with Crippen LogP contribution in [0, 0.1) is 0 Å². The van der Waals surface area contributed by atoms with Gasteiger partial charge in [0.1, 0.15) is 0 Å². The molecule has 0 atom stereocenters. The Hall–Kier alpha value is -1.39. The van der Waals surface area contributed by atoms with Gasteiger partial charge in [0.15, 0.2) is 5.13 Å². The molecule has 0 radical (unpaired) electrons. The molecule has 3 nitrogen and oxygen atoms in total. The number of thiazole rings is 1. The molecular weight excluding hydrogens is 206 g/mol. The van der Waals surface area contributed by atoms with Gasteiger partial charge in [-0.3, -0.25) is 0 Å². The number of aromatic nitrogens is 1. The lowest BCUT2D eigenvalue weighted by Crippen LogP contribution is -2.02. The number of hydrogen-bond donors (Lipinski definition) is 2. The van der Waals surface area contributed by atoms with E-state index in [0.29, 0.717) is 11.7 Å². The van der Waals surface area contributed by atoms with E-state index in [-0.39, 0.29) is 0 Å². The van der Waals surface area contributed by atoms with Crippen molar-refractivity contribution < 1.29 is 0 Å². The summed E-state index contributed by atoms with van der Waals surface area (Å²) < 4.78 is 0. The molecule has 0 saturated carbocycles. The fourth-order valence-corrected chi connectivity index (χ4v) is 2.05. The summed E-state index contributed by atoms with van der Waals surface area (Å²) in [6, 6.07) is 8.25. The zero-order valence-corrected chi connectivity index (χ0v) is 9.13. The highest BCUT2D eigenvalue weighted by Gasteiger charge is 2.02. The van der Waals surface area contributed by atoms with Crippen molar-refractivity contribution in [3.63, 3.8) is 0 Å². The van der Waals surface area contributed by atoms with E-state index in [0.717, 1.165) is 17.7 Å². The molecule has 2 aromatic rings. The van der Waals surface area contributed by atoms with E-state index in [1.807, 2.05) is 17.5 Å². The van der Waals surface area contributed by atoms with Gasteiger partial charge in [0, 0.05) is 10.9 Å². The first kappa shape index (κ1) is 10.1. The summed E-state index contributed by atoms with van der Waals surface area (Å²) in [7, 11) is 0. The van der Waals surface area contributed by atoms with Gasteiger partial charge in [0.25, 0.3) is 0 Å². The molecule has 2 rings (SSSR count). The van der Waals surface area contributed by atoms with Gasteiger partial charge in [-0.15, -0.1) is 11.3 Å². The molecule has 0 aliphatic heterocycles. The predicted octanol–water partition coefficient (Wildman–Crippen LogP) is 1.89. The van der Waals surface area contributed by atoms with Crippen molar-refractivity contribution in [1.82, 2.24) is 4.98 Å². The van der Waals surface area contributed by atoms with E-state index >= 15 is 0 Å². The van der Waals surface area contributed by atoms with E-state index in [2.05, 4.69) is 17.1 Å². The average Bonchev–Trinajstić information content (AvgIpc) is 2.66. The minimum absolute atomic E-state index is 0.606. The van der Waals surface area contributed by atoms with Crippen molar-refractivity contribution in [3.05, 3.63) is 35.2 Å². The number of benzene rings is 1. The van der Waals surface area contributed by atoms with Crippen LogP contribution in [0.4, 0.5) is 5.13 Å². The molecule has 0 spiro atoms. The lowest BCUT2D eigenvalue weighted by Gasteiger charge is -2.01. The molecule has 0 aliphatic rings. The van der Waals surface area contributed by atoms with E-state index in [1.165, 1.54) is 16.9 Å². The molecule has 1 aromatic heterocycles. The quantitative estimate of drug-likeness (QED) is 0.828. The van der Waals surface area contributed by atoms with Crippen LogP contribution in [0.5, 0.6) is 0 Å². The van der Waals surface area contributed by atoms with Crippen LogP contribution >= 0.6 is 11.3 Å². The molecule has 4 heteroatoms. The normalized spacial score (nSPS) is 10.5. The second-order valence-corrected chi connectivity index (χ2v) is 4.20. The number of hydrogen-bond acceptors (Lipinski definition) is 4. The van der Waals surface area contributed by atoms with Crippen LogP contribution in [0.15, 0.2) is 29.6 Å². The Balaban J connectivity index is 2.32. The van der Waals surface area contributed by atoms with Crippen LogP contribution in [0.25, 0.3) is 11.3 Å². The first-order valence-corrected chi connectivity index (χ1v) is 5.68. The van der Waals surface area contributed by atoms with Crippen molar-refractivity contribution in [2.75, 3.05) is 12.3 Å². The minimum atomic E-state index is 0.606. The van der Waals surface area contributed by atoms with Crippen LogP contribution in [0.1, 0.15) is 5.56 Å². The number of anilines is 1. The highest BCUT2D eigenvalue weighted by atomic mass is 32.1. The van der Waals surface area contributed by atoms with Gasteiger partial charge in [-0.1, -0.05) is 18.2 Å². The van der Waals surface area contributed by atoms with Gasteiger partial charge in [-0.05, 0) is 24.6 Å². The summed E-state index contributed by atoms with van der Waals surface area (Å²) in [5.74, 6) is 0. The topological polar surface area (TPSA) is 64.9 Å². The second kappa shape index (κ2) is 4.42. The Labute approximate surface area is 92.8 Å². The molecule has 0 fully saturated rings. The average molecular weight is 219 g/mol. The Morgan fingerprint density at radius 3 is 2.87 bits per heavy atom. The lowest BCUT2D eigenvalue weighted by molar-refractivity contribution is 0.969. The van der Waals surface area contributed by atoms with E-state index < -0.39 is 0 Å². The Morgan fingerprint density at radius 2 is 2.20 bits per heavy atom. The first-order chi connectivity index (χ1) is 7.29. The Kier molecular flexibility index (Phi) is 2.99. The molecule has 0 bridgehead atoms. The van der Waals surface area contributed by atoms with E-state index in [4.69, 9.17) is 11.5 Å². The maximum absolute atomic E-state index is 5.60. The summed E-state index contributed by atoms with van der Waals surface area (Å²) in [4.78, 5) is 4.25. The molecule has 0 amide bonds. The summed E-state index contributed by atoms with van der Waals surface area (Å²) in [5.41, 5.74) is 14.4. The Bertz CT molecular complexity index is 451. The lowest BCUT2D eigenvalue weighted by atomic mass is 10.1. The highest BCUT2D eigenvalue weighted by Crippen LogP contribution is 2.23. The van der Waals surface area contributed by atoms with Gasteiger partial charge in [-0.25, -0.2) is 4.98 Å². The van der Waals surface area contributed by atoms with Crippen LogP contribution < -0.4 is 11.5 Å². The minimum Gasteiger partial charge on any atom is -0.375 e. The van der Waals surface area contributed by atoms with Crippen molar-refractivity contribution in [2.45, 2.75) is 6.42 Å². The first-order valence-electron chi connectivity index (χ1n) is 4.80. The fraction of sp³-hybridized carbons (Fsp3) is 0.182. The molecule has 0 saturated heterocycles. The third kappa shape index (κ3) is 2.34. The molecule has 1 aromatic carbocycles. The zero-order chi connectivity index (χ0) is 10.7. The van der Waals surface area contributed by atoms with Crippen molar-refractivity contribution in [1.29, 1.82) is 0 Å². The standard InChI is InChI=1S/C11H13N3S/c12-5-4-8-2-1-3-9(6-8)10-7-15-11(13)14-10/h1-3,6-7H,4-5,12H2,(H2,13,14). The maximum atomic E-state index is 5.60. The summed E-state index contributed by atoms with van der Waals surface area (Å²) in [5, 5.41) is 2.57. The highest BCUT2D eigenvalue weighted by molar-refractivity contribution is 7.13. The van der Waals surface area contributed by atoms with Crippen molar-refractivity contribution in [2.24, 2.45) is 5.73 Å². The van der Waals surface area contributed by atoms with Crippen LogP contribution in [-0.2, 0) is 6.42 Å². The van der Waals surface area contributed by atoms with Crippen molar-refractivity contribution in [3.8, 4) is 11.3 Å². The van der Waals surface area contributed by atoms with Crippen LogP contribution in [-0.4, -0.2) is 11.5 Å². The number of nitrogens with two attached hydrogens (primary N) is 2. The second-order valence-electron chi connectivity index (χ2n) is 3.31. The SMILES string of the molecule is NCCc1cccc(-c2csc(N)n2)c1. The van der Waals surface area contributed by atoms with Crippen molar-refractivity contribution >= 4 is 16.5 Å². The molecule has 0 unspecified atom stereocenters. The van der Waals surface area contributed by atoms with Gasteiger partial charge < -0.3 is 11.5 Å². The monoisotopic (exact) mass is 219 g/mol. The number of nitrogens with zero attached hydrogens (tertiary/aromatic N) is 1. The van der Waals surface area contributed by atoms with E-state index in [9.17, 15) is 0 Å². The van der Waals surface area contributed by atoms with Crippen LogP contribution in [0.2, 0.25) is 0 Å². The number of nitrogen functional groups attached to an aromatic ring is 1. The van der Waals surface area contributed by atoms with Gasteiger partial charge >= 0.3 is 0 Å². The number of rotatable bonds is 3. The molecule has 15 heavy (non-hydrogen) atoms. The van der Waals surface area contributed by atoms with E-state index in [1.54, 1.807) is 0 Å². The molecule has 1 heterocycles. The molecule has 4 N–H and O–H groups in total. The fourth-order valence-electron chi connectivity index (χ4n) is 1.47. The summed E-state index contributed by atoms with van der Waals surface area (Å²) in [6.07, 6.45) is 0.896. The predicted molar refractivity (Wildman–Crippen MR) is 64.7 cm³/mol. The van der Waals surface area contributed by atoms with Gasteiger partial charge in [0.2, 0.25) is 0 Å². The molecular formula is C11H13N3S. The third-order valence-corrected chi connectivity index (χ3v) is 2.85. The Morgan fingerprint density at radius 1 is 1.33 bits per heavy atom. The molecule has 0 aliphatic carbocycles. The molecule has 78 valence electrons. The zero-order valence-electron chi connectivity index (χ0n) is 8.31. The van der Waals surface area contributed by atoms with Crippen LogP contribution in [0.3, 0.4) is 0 Å². The van der Waals surface area contributed by atoms with Gasteiger partial charge in [-0.2, -0.15) is 0 Å². The summed E-state index contributed by atoms with van der Waals surface area (Å²) >= 11 is 1.46. The third-order valence-electron chi connectivity index (χ3n) is 2.18. The maximum Gasteiger partial charge on any atom is 0.180 e. The smallest absolute Gasteiger partial charge is 0.180 e. The largest absolute Gasteiger partial charge is 0.375 e. The van der Waals surface area contributed by atoms with Gasteiger partial charge in [0.05, 0.1) is 5.69 Å². The summed E-state index contributed by atoms with van der Waals surface area (Å²) in [6.45, 7) is 0.669.